The first kappa shape index (κ1) is 34.2. The molecule has 44 heavy (non-hydrogen) atoms. The van der Waals surface area contributed by atoms with Gasteiger partial charge in [-0.1, -0.05) is 29.8 Å². The summed E-state index contributed by atoms with van der Waals surface area (Å²) < 4.78 is 68.3. The summed E-state index contributed by atoms with van der Waals surface area (Å²) in [4.78, 5) is 22.2. The van der Waals surface area contributed by atoms with Crippen LogP contribution in [0.4, 0.5) is 15.3 Å². The van der Waals surface area contributed by atoms with Crippen molar-refractivity contribution in [2.24, 2.45) is 21.5 Å². The van der Waals surface area contributed by atoms with Gasteiger partial charge in [0.05, 0.1) is 10.8 Å². The smallest absolute Gasteiger partial charge is 0.332 e. The number of nitrogens with zero attached hydrogens (tertiary/aromatic N) is 3. The third-order valence-electron chi connectivity index (χ3n) is 5.89. The zero-order chi connectivity index (χ0) is 32.9. The van der Waals surface area contributed by atoms with Crippen LogP contribution in [0.3, 0.4) is 0 Å². The van der Waals surface area contributed by atoms with Gasteiger partial charge in [-0.2, -0.15) is 21.8 Å². The van der Waals surface area contributed by atoms with E-state index >= 15 is 0 Å². The molecule has 3 aromatic rings. The quantitative estimate of drug-likeness (QED) is 0.201. The Morgan fingerprint density at radius 1 is 1.07 bits per heavy atom. The number of hydrogen-bond donors (Lipinski definition) is 4. The lowest BCUT2D eigenvalue weighted by atomic mass is 10.1. The van der Waals surface area contributed by atoms with Crippen LogP contribution in [0.15, 0.2) is 81.6 Å². The number of halogens is 2. The maximum atomic E-state index is 13.3. The molecule has 1 aliphatic heterocycles. The Morgan fingerprint density at radius 3 is 2.32 bits per heavy atom. The summed E-state index contributed by atoms with van der Waals surface area (Å²) >= 11 is 6.47. The number of hydrogen-bond acceptors (Lipinski definition) is 11. The van der Waals surface area contributed by atoms with E-state index < -0.39 is 36.8 Å². The first-order valence-electron chi connectivity index (χ1n) is 12.7. The number of nitrogens with one attached hydrogen (secondary N) is 1. The first-order chi connectivity index (χ1) is 20.4. The second-order valence-electron chi connectivity index (χ2n) is 9.66. The molecule has 1 aliphatic rings. The van der Waals surface area contributed by atoms with Gasteiger partial charge in [0.1, 0.15) is 22.9 Å². The van der Waals surface area contributed by atoms with E-state index in [1.807, 2.05) is 13.8 Å². The maximum Gasteiger partial charge on any atom is 0.332 e. The fraction of sp³-hybridized carbons (Fsp3) is 0.222. The Balaban J connectivity index is 0.000000801. The molecule has 1 heterocycles. The molecule has 4 rings (SSSR count). The molecule has 0 radical (unpaired) electrons. The molecule has 0 unspecified atom stereocenters. The van der Waals surface area contributed by atoms with Crippen LogP contribution in [0.2, 0.25) is 5.02 Å². The van der Waals surface area contributed by atoms with E-state index in [1.165, 1.54) is 19.1 Å². The number of carbonyl (C=O) groups excluding carboxylic acids is 1. The highest BCUT2D eigenvalue weighted by molar-refractivity contribution is 7.86. The minimum Gasteiger partial charge on any atom is -0.487 e. The Hall–Kier alpha value is -4.25. The summed E-state index contributed by atoms with van der Waals surface area (Å²) in [6.07, 6.45) is 0. The molecule has 0 fully saturated rings. The molecule has 0 saturated carbocycles. The minimum atomic E-state index is -4.89. The van der Waals surface area contributed by atoms with Crippen molar-refractivity contribution in [1.82, 2.24) is 0 Å². The number of aliphatic imine (C=N–C) groups is 2. The van der Waals surface area contributed by atoms with Crippen molar-refractivity contribution in [3.63, 3.8) is 0 Å². The second kappa shape index (κ2) is 13.6. The van der Waals surface area contributed by atoms with Gasteiger partial charge in [-0.15, -0.1) is 3.89 Å². The van der Waals surface area contributed by atoms with Crippen LogP contribution in [0, 0.1) is 0 Å². The number of nitrogens with two attached hydrogens (primary N) is 2. The monoisotopic (exact) mass is 668 g/mol. The average molecular weight is 669 g/mol. The van der Waals surface area contributed by atoms with Gasteiger partial charge in [0.25, 0.3) is 16.0 Å². The highest BCUT2D eigenvalue weighted by Gasteiger charge is 2.33. The topological polar surface area (TPSA) is 207 Å². The van der Waals surface area contributed by atoms with Crippen LogP contribution in [-0.2, 0) is 26.9 Å². The summed E-state index contributed by atoms with van der Waals surface area (Å²) in [5, 5.41) is 2.88. The van der Waals surface area contributed by atoms with Crippen LogP contribution in [0.25, 0.3) is 0 Å². The van der Waals surface area contributed by atoms with E-state index in [9.17, 15) is 25.5 Å². The molecule has 3 aromatic carbocycles. The Kier molecular flexibility index (Phi) is 10.6. The van der Waals surface area contributed by atoms with Gasteiger partial charge in [-0.05, 0) is 74.9 Å². The molecule has 13 nitrogen and oxygen atoms in total. The molecule has 0 aliphatic carbocycles. The van der Waals surface area contributed by atoms with Gasteiger partial charge in [0, 0.05) is 16.9 Å². The summed E-state index contributed by atoms with van der Waals surface area (Å²) in [6, 6.07) is 16.7. The van der Waals surface area contributed by atoms with Gasteiger partial charge in [-0.3, -0.25) is 14.2 Å². The van der Waals surface area contributed by atoms with Crippen molar-refractivity contribution in [2.45, 2.75) is 37.9 Å². The van der Waals surface area contributed by atoms with E-state index in [0.29, 0.717) is 27.6 Å². The highest BCUT2D eigenvalue weighted by atomic mass is 35.5. The molecule has 236 valence electrons. The van der Waals surface area contributed by atoms with E-state index in [2.05, 4.69) is 15.3 Å². The maximum absolute atomic E-state index is 13.3. The molecule has 0 aromatic heterocycles. The number of rotatable bonds is 8. The lowest BCUT2D eigenvalue weighted by Crippen LogP contribution is -2.54. The zero-order valence-electron chi connectivity index (χ0n) is 23.7. The number of guanidine groups is 2. The molecular formula is C27H30ClFN6O7S2. The van der Waals surface area contributed by atoms with Crippen molar-refractivity contribution in [3.8, 4) is 5.75 Å². The van der Waals surface area contributed by atoms with Gasteiger partial charge in [-0.25, -0.2) is 4.99 Å². The van der Waals surface area contributed by atoms with Gasteiger partial charge < -0.3 is 21.5 Å². The number of benzene rings is 3. The largest absolute Gasteiger partial charge is 0.487 e. The van der Waals surface area contributed by atoms with E-state index in [1.54, 1.807) is 47.4 Å². The summed E-state index contributed by atoms with van der Waals surface area (Å²) in [5.41, 5.74) is 12.8. The second-order valence-corrected chi connectivity index (χ2v) is 13.2. The Labute approximate surface area is 259 Å². The highest BCUT2D eigenvalue weighted by Crippen LogP contribution is 2.34. The van der Waals surface area contributed by atoms with Crippen molar-refractivity contribution >= 4 is 61.1 Å². The standard InChI is InChI=1S/C25H24ClFN6O4S.C2H6O3S/c1-25(2)32-23(28)31-24(29)33(25)18-9-10-21(20(26)13-18)37-14-15-5-3-6-16(11-15)22(34)30-17-7-4-8-19(12-17)38(27,35)36;1-2-6(3,4)5/h3-13H,14H2,1-2H3,(H,30,34)(H4,28,29,31,32);2H2,1H3,(H,3,4,5). The summed E-state index contributed by atoms with van der Waals surface area (Å²) in [6.45, 7) is 5.15. The fourth-order valence-electron chi connectivity index (χ4n) is 3.89. The van der Waals surface area contributed by atoms with E-state index in [0.717, 1.165) is 12.1 Å². The van der Waals surface area contributed by atoms with Crippen molar-refractivity contribution in [3.05, 3.63) is 82.9 Å². The zero-order valence-corrected chi connectivity index (χ0v) is 26.1. The summed E-state index contributed by atoms with van der Waals surface area (Å²) in [5.74, 6) is -0.0306. The fourth-order valence-corrected chi connectivity index (χ4v) is 4.63. The Bertz CT molecular complexity index is 1830. The lowest BCUT2D eigenvalue weighted by Gasteiger charge is -2.38. The Morgan fingerprint density at radius 2 is 1.73 bits per heavy atom. The van der Waals surface area contributed by atoms with Crippen molar-refractivity contribution in [2.75, 3.05) is 16.0 Å². The SMILES string of the molecule is CC1(C)N=C(N)N=C(N)N1c1ccc(OCc2cccc(C(=O)Nc3cccc(S(=O)(=O)F)c3)c2)c(Cl)c1.CCS(=O)(=O)O. The number of anilines is 2. The van der Waals surface area contributed by atoms with Gasteiger partial charge >= 0.3 is 10.2 Å². The van der Waals surface area contributed by atoms with Crippen LogP contribution in [0.1, 0.15) is 36.7 Å². The van der Waals surface area contributed by atoms with Crippen molar-refractivity contribution in [1.29, 1.82) is 0 Å². The average Bonchev–Trinajstić information content (AvgIpc) is 2.91. The molecule has 0 atom stereocenters. The predicted octanol–water partition coefficient (Wildman–Crippen LogP) is 3.91. The van der Waals surface area contributed by atoms with Gasteiger partial charge in [0.2, 0.25) is 11.9 Å². The molecule has 1 amide bonds. The predicted molar refractivity (Wildman–Crippen MR) is 167 cm³/mol. The first-order valence-corrected chi connectivity index (χ1v) is 16.1. The number of ether oxygens (including phenoxy) is 1. The van der Waals surface area contributed by atoms with Gasteiger partial charge in [0.15, 0.2) is 0 Å². The molecule has 0 spiro atoms. The molecular weight excluding hydrogens is 639 g/mol. The number of carbonyl (C=O) groups is 1. The van der Waals surface area contributed by atoms with Crippen LogP contribution >= 0.6 is 11.6 Å². The lowest BCUT2D eigenvalue weighted by molar-refractivity contribution is 0.102. The molecule has 0 bridgehead atoms. The van der Waals surface area contributed by atoms with Crippen molar-refractivity contribution < 1.29 is 34.8 Å². The summed E-state index contributed by atoms with van der Waals surface area (Å²) in [7, 11) is -8.56. The third-order valence-corrected chi connectivity index (χ3v) is 7.73. The van der Waals surface area contributed by atoms with Crippen LogP contribution in [-0.4, -0.2) is 50.6 Å². The number of amides is 1. The van der Waals surface area contributed by atoms with E-state index in [-0.39, 0.29) is 30.0 Å². The molecule has 6 N–H and O–H groups in total. The molecule has 0 saturated heterocycles. The molecule has 17 heteroatoms. The minimum absolute atomic E-state index is 0.0898. The normalized spacial score (nSPS) is 14.5. The van der Waals surface area contributed by atoms with Crippen LogP contribution < -0.4 is 26.4 Å². The third kappa shape index (κ3) is 9.37. The van der Waals surface area contributed by atoms with E-state index in [4.69, 9.17) is 32.4 Å². The van der Waals surface area contributed by atoms with Crippen LogP contribution in [0.5, 0.6) is 5.75 Å².